The van der Waals surface area contributed by atoms with E-state index >= 15 is 0 Å². The summed E-state index contributed by atoms with van der Waals surface area (Å²) in [6.07, 6.45) is 2.57. The number of pyridine rings is 1. The van der Waals surface area contributed by atoms with Crippen molar-refractivity contribution in [1.82, 2.24) is 10.3 Å². The van der Waals surface area contributed by atoms with E-state index in [2.05, 4.69) is 26.2 Å². The van der Waals surface area contributed by atoms with Gasteiger partial charge in [0.25, 0.3) is 5.91 Å². The minimum absolute atomic E-state index is 0.206. The molecule has 0 fully saturated rings. The molecule has 0 unspecified atom stereocenters. The Morgan fingerprint density at radius 2 is 2.20 bits per heavy atom. The molecule has 0 bridgehead atoms. The summed E-state index contributed by atoms with van der Waals surface area (Å²) in [5, 5.41) is 2.89. The van der Waals surface area contributed by atoms with Crippen molar-refractivity contribution in [2.45, 2.75) is 19.9 Å². The van der Waals surface area contributed by atoms with Crippen molar-refractivity contribution in [3.8, 4) is 17.4 Å². The fraction of sp³-hybridized carbons (Fsp3) is 0.333. The summed E-state index contributed by atoms with van der Waals surface area (Å²) in [6.45, 7) is 3.92. The van der Waals surface area contributed by atoms with Crippen molar-refractivity contribution < 1.29 is 19.0 Å². The maximum Gasteiger partial charge on any atom is 0.251 e. The number of carbonyl (C=O) groups is 1. The van der Waals surface area contributed by atoms with E-state index in [1.807, 2.05) is 19.1 Å². The zero-order valence-corrected chi connectivity index (χ0v) is 15.5. The molecule has 0 aliphatic carbocycles. The third-order valence-electron chi connectivity index (χ3n) is 3.59. The van der Waals surface area contributed by atoms with E-state index < -0.39 is 0 Å². The van der Waals surface area contributed by atoms with Crippen LogP contribution in [0.25, 0.3) is 0 Å². The van der Waals surface area contributed by atoms with E-state index in [9.17, 15) is 4.79 Å². The SMILES string of the molecule is CCCOc1ncccc1CNC(=O)c1cc(Br)c2c(c1)OCCO2. The number of halogens is 1. The maximum absolute atomic E-state index is 12.5. The molecule has 1 N–H and O–H groups in total. The average molecular weight is 407 g/mol. The summed E-state index contributed by atoms with van der Waals surface area (Å²) in [5.41, 5.74) is 1.33. The third-order valence-corrected chi connectivity index (χ3v) is 4.18. The summed E-state index contributed by atoms with van der Waals surface area (Å²) in [7, 11) is 0. The van der Waals surface area contributed by atoms with Crippen molar-refractivity contribution >= 4 is 21.8 Å². The molecule has 2 heterocycles. The van der Waals surface area contributed by atoms with Crippen LogP contribution in [0.3, 0.4) is 0 Å². The zero-order valence-electron chi connectivity index (χ0n) is 13.9. The van der Waals surface area contributed by atoms with E-state index in [4.69, 9.17) is 14.2 Å². The quantitative estimate of drug-likeness (QED) is 0.796. The maximum atomic E-state index is 12.5. The molecule has 0 spiro atoms. The van der Waals surface area contributed by atoms with E-state index in [1.165, 1.54) is 0 Å². The molecule has 0 saturated heterocycles. The fourth-order valence-corrected chi connectivity index (χ4v) is 2.96. The Kier molecular flexibility index (Phi) is 5.75. The molecule has 1 aromatic carbocycles. The van der Waals surface area contributed by atoms with Gasteiger partial charge in [-0.3, -0.25) is 4.79 Å². The van der Waals surface area contributed by atoms with Crippen molar-refractivity contribution in [3.63, 3.8) is 0 Å². The first-order valence-electron chi connectivity index (χ1n) is 8.13. The van der Waals surface area contributed by atoms with Crippen LogP contribution in [0.4, 0.5) is 0 Å². The summed E-state index contributed by atoms with van der Waals surface area (Å²) < 4.78 is 17.4. The standard InChI is InChI=1S/C18H19BrN2O4/c1-2-6-25-18-12(4-3-5-20-18)11-21-17(22)13-9-14(19)16-15(10-13)23-7-8-24-16/h3-5,9-10H,2,6-8,11H2,1H3,(H,21,22). The Labute approximate surface area is 154 Å². The van der Waals surface area contributed by atoms with Gasteiger partial charge in [0.1, 0.15) is 13.2 Å². The molecule has 1 aromatic heterocycles. The van der Waals surface area contributed by atoms with Gasteiger partial charge in [0.05, 0.1) is 11.1 Å². The molecule has 6 nitrogen and oxygen atoms in total. The van der Waals surface area contributed by atoms with Crippen molar-refractivity contribution in [1.29, 1.82) is 0 Å². The van der Waals surface area contributed by atoms with E-state index in [-0.39, 0.29) is 5.91 Å². The van der Waals surface area contributed by atoms with Gasteiger partial charge in [-0.15, -0.1) is 0 Å². The summed E-state index contributed by atoms with van der Waals surface area (Å²) >= 11 is 3.42. The van der Waals surface area contributed by atoms with E-state index in [0.717, 1.165) is 12.0 Å². The second kappa shape index (κ2) is 8.20. The summed E-state index contributed by atoms with van der Waals surface area (Å²) in [5.74, 6) is 1.54. The van der Waals surface area contributed by atoms with Gasteiger partial charge < -0.3 is 19.5 Å². The minimum atomic E-state index is -0.206. The van der Waals surface area contributed by atoms with Crippen LogP contribution in [-0.4, -0.2) is 30.7 Å². The summed E-state index contributed by atoms with van der Waals surface area (Å²) in [6, 6.07) is 7.12. The number of hydrogen-bond donors (Lipinski definition) is 1. The highest BCUT2D eigenvalue weighted by molar-refractivity contribution is 9.10. The van der Waals surface area contributed by atoms with Crippen LogP contribution in [0.15, 0.2) is 34.9 Å². The van der Waals surface area contributed by atoms with Crippen LogP contribution < -0.4 is 19.5 Å². The molecule has 1 amide bonds. The number of benzene rings is 1. The van der Waals surface area contributed by atoms with Gasteiger partial charge in [-0.2, -0.15) is 0 Å². The lowest BCUT2D eigenvalue weighted by atomic mass is 10.1. The summed E-state index contributed by atoms with van der Waals surface area (Å²) in [4.78, 5) is 16.7. The van der Waals surface area contributed by atoms with Crippen LogP contribution in [0.5, 0.6) is 17.4 Å². The van der Waals surface area contributed by atoms with Gasteiger partial charge in [-0.25, -0.2) is 4.98 Å². The Morgan fingerprint density at radius 3 is 3.04 bits per heavy atom. The number of carbonyl (C=O) groups excluding carboxylic acids is 1. The minimum Gasteiger partial charge on any atom is -0.486 e. The van der Waals surface area contributed by atoms with Crippen molar-refractivity contribution in [2.24, 2.45) is 0 Å². The van der Waals surface area contributed by atoms with Gasteiger partial charge in [-0.05, 0) is 40.5 Å². The van der Waals surface area contributed by atoms with Gasteiger partial charge in [-0.1, -0.05) is 13.0 Å². The van der Waals surface area contributed by atoms with Gasteiger partial charge >= 0.3 is 0 Å². The van der Waals surface area contributed by atoms with Crippen LogP contribution in [0.2, 0.25) is 0 Å². The molecule has 2 aromatic rings. The van der Waals surface area contributed by atoms with Gasteiger partial charge in [0.2, 0.25) is 5.88 Å². The Hall–Kier alpha value is -2.28. The van der Waals surface area contributed by atoms with Crippen LogP contribution in [0.1, 0.15) is 29.3 Å². The highest BCUT2D eigenvalue weighted by atomic mass is 79.9. The topological polar surface area (TPSA) is 69.7 Å². The molecule has 7 heteroatoms. The molecule has 132 valence electrons. The predicted octanol–water partition coefficient (Wildman–Crippen LogP) is 3.33. The molecule has 0 saturated carbocycles. The second-order valence-electron chi connectivity index (χ2n) is 5.48. The largest absolute Gasteiger partial charge is 0.486 e. The Balaban J connectivity index is 1.70. The first-order chi connectivity index (χ1) is 12.2. The highest BCUT2D eigenvalue weighted by Crippen LogP contribution is 2.38. The van der Waals surface area contributed by atoms with Crippen LogP contribution >= 0.6 is 15.9 Å². The molecule has 1 aliphatic rings. The van der Waals surface area contributed by atoms with Gasteiger partial charge in [0.15, 0.2) is 11.5 Å². The first kappa shape index (κ1) is 17.5. The van der Waals surface area contributed by atoms with Crippen molar-refractivity contribution in [2.75, 3.05) is 19.8 Å². The number of nitrogens with one attached hydrogen (secondary N) is 1. The number of ether oxygens (including phenoxy) is 3. The molecule has 0 radical (unpaired) electrons. The predicted molar refractivity (Wildman–Crippen MR) is 96.3 cm³/mol. The Bertz CT molecular complexity index is 767. The Morgan fingerprint density at radius 1 is 1.36 bits per heavy atom. The number of rotatable bonds is 6. The van der Waals surface area contributed by atoms with Gasteiger partial charge in [0, 0.05) is 23.9 Å². The smallest absolute Gasteiger partial charge is 0.251 e. The lowest BCUT2D eigenvalue weighted by Gasteiger charge is -2.20. The number of aromatic nitrogens is 1. The zero-order chi connectivity index (χ0) is 17.6. The molecular formula is C18H19BrN2O4. The normalized spacial score (nSPS) is 12.6. The molecule has 3 rings (SSSR count). The molecular weight excluding hydrogens is 388 g/mol. The van der Waals surface area contributed by atoms with Crippen molar-refractivity contribution in [3.05, 3.63) is 46.1 Å². The average Bonchev–Trinajstić information content (AvgIpc) is 2.65. The van der Waals surface area contributed by atoms with E-state index in [1.54, 1.807) is 18.3 Å². The fourth-order valence-electron chi connectivity index (χ4n) is 2.41. The molecule has 25 heavy (non-hydrogen) atoms. The monoisotopic (exact) mass is 406 g/mol. The number of nitrogens with zero attached hydrogens (tertiary/aromatic N) is 1. The van der Waals surface area contributed by atoms with Crippen LogP contribution in [-0.2, 0) is 6.54 Å². The number of fused-ring (bicyclic) bond motifs is 1. The second-order valence-corrected chi connectivity index (χ2v) is 6.34. The van der Waals surface area contributed by atoms with E-state index in [0.29, 0.717) is 53.8 Å². The number of amides is 1. The third kappa shape index (κ3) is 4.22. The highest BCUT2D eigenvalue weighted by Gasteiger charge is 2.19. The number of hydrogen-bond acceptors (Lipinski definition) is 5. The lowest BCUT2D eigenvalue weighted by Crippen LogP contribution is -2.24. The van der Waals surface area contributed by atoms with Crippen LogP contribution in [0, 0.1) is 0 Å². The molecule has 0 atom stereocenters. The first-order valence-corrected chi connectivity index (χ1v) is 8.92. The molecule has 1 aliphatic heterocycles. The lowest BCUT2D eigenvalue weighted by molar-refractivity contribution is 0.0949.